The molecule has 1 amide bonds. The third kappa shape index (κ3) is 29.6. The minimum Gasteiger partial charge on any atom is -0.394 e. The highest BCUT2D eigenvalue weighted by molar-refractivity contribution is 5.76. The number of aliphatic hydroxyl groups is 8. The van der Waals surface area contributed by atoms with Crippen molar-refractivity contribution in [2.75, 3.05) is 19.8 Å². The predicted octanol–water partition coefficient (Wildman–Crippen LogP) is 8.83. The highest BCUT2D eigenvalue weighted by Gasteiger charge is 2.51. The summed E-state index contributed by atoms with van der Waals surface area (Å²) in [6.07, 6.45) is 35.3. The Morgan fingerprint density at radius 1 is 0.521 bits per heavy atom. The number of hydrogen-bond acceptors (Lipinski definition) is 13. The average Bonchev–Trinajstić information content (AvgIpc) is 3.37. The summed E-state index contributed by atoms with van der Waals surface area (Å²) in [7, 11) is 0. The second-order valence-corrected chi connectivity index (χ2v) is 20.0. The second-order valence-electron chi connectivity index (χ2n) is 20.0. The average molecular weight is 1010 g/mol. The number of allylic oxidation sites excluding steroid dienone is 8. The number of rotatable bonds is 44. The third-order valence-electron chi connectivity index (χ3n) is 13.8. The number of unbranched alkanes of at least 4 members (excludes halogenated alkanes) is 23. The summed E-state index contributed by atoms with van der Waals surface area (Å²) in [6.45, 7) is 2.73. The molecule has 0 saturated carbocycles. The Labute approximate surface area is 429 Å². The van der Waals surface area contributed by atoms with Gasteiger partial charge in [0.25, 0.3) is 0 Å². The zero-order valence-corrected chi connectivity index (χ0v) is 44.2. The van der Waals surface area contributed by atoms with Crippen molar-refractivity contribution in [1.29, 1.82) is 0 Å². The molecule has 0 bridgehead atoms. The van der Waals surface area contributed by atoms with Gasteiger partial charge < -0.3 is 65.1 Å². The van der Waals surface area contributed by atoms with E-state index in [4.69, 9.17) is 18.9 Å². The van der Waals surface area contributed by atoms with Crippen molar-refractivity contribution in [2.45, 2.75) is 286 Å². The lowest BCUT2D eigenvalue weighted by atomic mass is 9.97. The number of ether oxygens (including phenoxy) is 4. The maximum Gasteiger partial charge on any atom is 0.220 e. The Hall–Kier alpha value is -2.05. The van der Waals surface area contributed by atoms with Crippen LogP contribution in [0.25, 0.3) is 0 Å². The van der Waals surface area contributed by atoms with Gasteiger partial charge >= 0.3 is 0 Å². The minimum atomic E-state index is -1.79. The van der Waals surface area contributed by atoms with E-state index in [0.717, 1.165) is 77.0 Å². The van der Waals surface area contributed by atoms with Crippen LogP contribution in [0.1, 0.15) is 213 Å². The third-order valence-corrected chi connectivity index (χ3v) is 13.8. The van der Waals surface area contributed by atoms with Gasteiger partial charge in [0.05, 0.1) is 32.0 Å². The molecule has 2 aliphatic rings. The number of amides is 1. The van der Waals surface area contributed by atoms with Crippen molar-refractivity contribution in [3.05, 3.63) is 48.6 Å². The van der Waals surface area contributed by atoms with E-state index in [1.54, 1.807) is 0 Å². The number of nitrogens with one attached hydrogen (secondary N) is 1. The van der Waals surface area contributed by atoms with Gasteiger partial charge in [-0.1, -0.05) is 204 Å². The van der Waals surface area contributed by atoms with E-state index in [9.17, 15) is 45.6 Å². The Bertz CT molecular complexity index is 1380. The Morgan fingerprint density at radius 2 is 0.972 bits per heavy atom. The van der Waals surface area contributed by atoms with Crippen LogP contribution in [0.15, 0.2) is 48.6 Å². The monoisotopic (exact) mass is 1010 g/mol. The van der Waals surface area contributed by atoms with E-state index < -0.39 is 86.8 Å². The first-order valence-electron chi connectivity index (χ1n) is 28.4. The molecular weight excluding hydrogens is 907 g/mol. The molecule has 14 heteroatoms. The standard InChI is InChI=1S/C57H103NO13/c1-3-5-7-9-11-13-15-17-19-21-22-23-25-26-28-30-32-34-36-38-40-46(61)45(58-49(62)41-39-37-35-33-31-29-27-24-20-18-16-14-12-10-8-6-4-2)44-68-56-54(67)52(65)55(48(43-60)70-56)71-57-53(66)51(64)50(63)47(42-59)69-57/h6,8,12,14,18,20,27,29,45-48,50-57,59-61,63-67H,3-5,7,9-11,13,15-17,19,21-26,28,30-44H2,1-2H3,(H,58,62)/b8-6-,14-12-,20-18-,29-27-. The van der Waals surface area contributed by atoms with Gasteiger partial charge in [-0.25, -0.2) is 0 Å². The Morgan fingerprint density at radius 3 is 1.49 bits per heavy atom. The summed E-state index contributed by atoms with van der Waals surface area (Å²) in [6, 6.07) is -0.843. The van der Waals surface area contributed by atoms with Crippen LogP contribution in [0.4, 0.5) is 0 Å². The van der Waals surface area contributed by atoms with Gasteiger partial charge in [0.1, 0.15) is 48.8 Å². The first-order chi connectivity index (χ1) is 34.6. The molecule has 0 aliphatic carbocycles. The van der Waals surface area contributed by atoms with Gasteiger partial charge in [0, 0.05) is 6.42 Å². The van der Waals surface area contributed by atoms with Crippen LogP contribution in [-0.4, -0.2) is 140 Å². The Kier molecular flexibility index (Phi) is 39.6. The minimum absolute atomic E-state index is 0.230. The zero-order valence-electron chi connectivity index (χ0n) is 44.2. The Balaban J connectivity index is 1.79. The van der Waals surface area contributed by atoms with Crippen molar-refractivity contribution >= 4 is 5.91 Å². The molecule has 0 aromatic carbocycles. The van der Waals surface area contributed by atoms with Crippen LogP contribution in [0, 0.1) is 0 Å². The quantitative estimate of drug-likeness (QED) is 0.0206. The summed E-state index contributed by atoms with van der Waals surface area (Å²) in [5.74, 6) is -0.230. The van der Waals surface area contributed by atoms with Gasteiger partial charge in [0.2, 0.25) is 5.91 Å². The summed E-state index contributed by atoms with van der Waals surface area (Å²) in [5, 5.41) is 87.1. The van der Waals surface area contributed by atoms with E-state index in [1.165, 1.54) is 103 Å². The fourth-order valence-electron chi connectivity index (χ4n) is 9.23. The fourth-order valence-corrected chi connectivity index (χ4v) is 9.23. The lowest BCUT2D eigenvalue weighted by molar-refractivity contribution is -0.359. The summed E-state index contributed by atoms with van der Waals surface area (Å²) in [5.41, 5.74) is 0. The first-order valence-corrected chi connectivity index (χ1v) is 28.4. The highest BCUT2D eigenvalue weighted by Crippen LogP contribution is 2.30. The van der Waals surface area contributed by atoms with Crippen LogP contribution in [-0.2, 0) is 23.7 Å². The molecule has 0 aromatic rings. The van der Waals surface area contributed by atoms with Crippen molar-refractivity contribution < 1.29 is 64.6 Å². The molecule has 0 spiro atoms. The first kappa shape index (κ1) is 65.1. The number of carbonyl (C=O) groups excluding carboxylic acids is 1. The van der Waals surface area contributed by atoms with Crippen LogP contribution >= 0.6 is 0 Å². The topological polar surface area (TPSA) is 228 Å². The molecule has 2 fully saturated rings. The number of aliphatic hydroxyl groups excluding tert-OH is 8. The highest BCUT2D eigenvalue weighted by atomic mass is 16.7. The molecule has 12 unspecified atom stereocenters. The van der Waals surface area contributed by atoms with Crippen LogP contribution in [0.5, 0.6) is 0 Å². The molecule has 414 valence electrons. The van der Waals surface area contributed by atoms with Crippen molar-refractivity contribution in [1.82, 2.24) is 5.32 Å². The molecule has 2 heterocycles. The maximum atomic E-state index is 13.2. The molecule has 2 saturated heterocycles. The van der Waals surface area contributed by atoms with Gasteiger partial charge in [-0.3, -0.25) is 4.79 Å². The van der Waals surface area contributed by atoms with Crippen LogP contribution in [0.3, 0.4) is 0 Å². The molecule has 71 heavy (non-hydrogen) atoms. The van der Waals surface area contributed by atoms with Crippen LogP contribution < -0.4 is 5.32 Å². The summed E-state index contributed by atoms with van der Waals surface area (Å²) in [4.78, 5) is 13.2. The smallest absolute Gasteiger partial charge is 0.220 e. The van der Waals surface area contributed by atoms with Gasteiger partial charge in [-0.2, -0.15) is 0 Å². The molecular formula is C57H103NO13. The van der Waals surface area contributed by atoms with E-state index in [0.29, 0.717) is 12.8 Å². The van der Waals surface area contributed by atoms with Gasteiger partial charge in [-0.05, 0) is 51.4 Å². The van der Waals surface area contributed by atoms with Crippen molar-refractivity contribution in [3.8, 4) is 0 Å². The molecule has 2 aliphatic heterocycles. The lowest BCUT2D eigenvalue weighted by Gasteiger charge is -2.46. The van der Waals surface area contributed by atoms with Crippen molar-refractivity contribution in [3.63, 3.8) is 0 Å². The van der Waals surface area contributed by atoms with E-state index in [-0.39, 0.29) is 18.9 Å². The van der Waals surface area contributed by atoms with E-state index >= 15 is 0 Å². The predicted molar refractivity (Wildman–Crippen MR) is 281 cm³/mol. The second kappa shape index (κ2) is 43.2. The summed E-state index contributed by atoms with van der Waals surface area (Å²) < 4.78 is 22.8. The normalized spacial score (nSPS) is 26.1. The zero-order chi connectivity index (χ0) is 51.7. The molecule has 12 atom stereocenters. The number of carbonyl (C=O) groups is 1. The van der Waals surface area contributed by atoms with Gasteiger partial charge in [0.15, 0.2) is 12.6 Å². The van der Waals surface area contributed by atoms with Crippen LogP contribution in [0.2, 0.25) is 0 Å². The SMILES string of the molecule is CC/C=C\C/C=C\C/C=C\C/C=C\CCCCCCC(=O)NC(COC1OC(CO)C(OC2OC(CO)C(O)C(O)C2O)C(O)C1O)C(O)CCCCCCCCCCCCCCCCCCCCCC. The fraction of sp³-hybridized carbons (Fsp3) is 0.842. The molecule has 0 aromatic heterocycles. The molecule has 2 rings (SSSR count). The molecule has 0 radical (unpaired) electrons. The largest absolute Gasteiger partial charge is 0.394 e. The van der Waals surface area contributed by atoms with E-state index in [1.807, 2.05) is 0 Å². The molecule has 9 N–H and O–H groups in total. The van der Waals surface area contributed by atoms with Crippen molar-refractivity contribution in [2.24, 2.45) is 0 Å². The summed E-state index contributed by atoms with van der Waals surface area (Å²) >= 11 is 0. The van der Waals surface area contributed by atoms with Gasteiger partial charge in [-0.15, -0.1) is 0 Å². The number of hydrogen-bond donors (Lipinski definition) is 9. The van der Waals surface area contributed by atoms with E-state index in [2.05, 4.69) is 67.8 Å². The maximum absolute atomic E-state index is 13.2. The lowest BCUT2D eigenvalue weighted by Crippen LogP contribution is -2.65. The molecule has 14 nitrogen and oxygen atoms in total.